The molecule has 386 valence electrons. The van der Waals surface area contributed by atoms with Gasteiger partial charge in [0.25, 0.3) is 0 Å². The SMILES string of the molecule is CCN1/C(=C/C=C/C=C/C2=[N+](CCCCCC(=O)NN)c3ccc4c(S(=O)(=O)[O-])cc(S(=O)(=O)[O-])cc4c3C2(C)CCOC)C(C)(CCCS(=O)(=O)[O-])c2c1ccc1c(S(=O)(=O)[O-])cc(S(=O)(=O)[O-])cc21. The maximum Gasteiger partial charge on any atom is 0.233 e. The number of fused-ring (bicyclic) bond motifs is 6. The average Bonchev–Trinajstić information content (AvgIpc) is 3.65. The Morgan fingerprint density at radius 1 is 0.704 bits per heavy atom. The van der Waals surface area contributed by atoms with E-state index in [2.05, 4.69) is 5.43 Å². The Balaban J connectivity index is 1.54. The Kier molecular flexibility index (Phi) is 16.0. The number of nitrogens with two attached hydrogens (primary N) is 1. The van der Waals surface area contributed by atoms with E-state index in [-0.39, 0.29) is 71.9 Å². The third-order valence-corrected chi connectivity index (χ3v) is 17.1. The summed E-state index contributed by atoms with van der Waals surface area (Å²) in [5.74, 6) is 4.10. The number of methoxy groups -OCH3 is 1. The molecule has 0 aromatic heterocycles. The minimum atomic E-state index is -5.36. The minimum Gasteiger partial charge on any atom is -0.748 e. The molecule has 2 aliphatic heterocycles. The predicted molar refractivity (Wildman–Crippen MR) is 255 cm³/mol. The number of amides is 1. The number of hydrogen-bond acceptors (Lipinski definition) is 19. The highest BCUT2D eigenvalue weighted by molar-refractivity contribution is 7.87. The topological polar surface area (TPSA) is 357 Å². The van der Waals surface area contributed by atoms with Gasteiger partial charge in [0.2, 0.25) is 11.6 Å². The van der Waals surface area contributed by atoms with Crippen LogP contribution in [0.5, 0.6) is 0 Å². The van der Waals surface area contributed by atoms with Crippen molar-refractivity contribution in [3.05, 3.63) is 95.7 Å². The molecule has 71 heavy (non-hydrogen) atoms. The van der Waals surface area contributed by atoms with Gasteiger partial charge in [0.1, 0.15) is 47.0 Å². The van der Waals surface area contributed by atoms with Gasteiger partial charge in [-0.05, 0) is 117 Å². The summed E-state index contributed by atoms with van der Waals surface area (Å²) in [6, 6.07) is 8.83. The number of nitrogens with one attached hydrogen (secondary N) is 1. The molecular weight excluding hydrogens is 1030 g/mol. The van der Waals surface area contributed by atoms with Gasteiger partial charge in [-0.2, -0.15) is 4.58 Å². The second kappa shape index (κ2) is 20.5. The number of carbonyl (C=O) groups excluding carboxylic acids is 1. The van der Waals surface area contributed by atoms with E-state index >= 15 is 0 Å². The van der Waals surface area contributed by atoms with E-state index in [4.69, 9.17) is 10.6 Å². The Hall–Kier alpha value is -4.97. The summed E-state index contributed by atoms with van der Waals surface area (Å²) < 4.78 is 193. The van der Waals surface area contributed by atoms with Crippen LogP contribution in [0.25, 0.3) is 21.5 Å². The van der Waals surface area contributed by atoms with Crippen molar-refractivity contribution in [2.45, 2.75) is 96.1 Å². The molecule has 0 radical (unpaired) electrons. The van der Waals surface area contributed by atoms with E-state index < -0.39 is 86.8 Å². The van der Waals surface area contributed by atoms with Gasteiger partial charge in [0.05, 0.1) is 35.1 Å². The number of nitrogens with zero attached hydrogens (tertiary/aromatic N) is 2. The fraction of sp³-hybridized carbons (Fsp3) is 0.378. The van der Waals surface area contributed by atoms with Crippen LogP contribution >= 0.6 is 0 Å². The minimum absolute atomic E-state index is 0.0257. The van der Waals surface area contributed by atoms with Gasteiger partial charge in [0.15, 0.2) is 5.71 Å². The molecule has 1 amide bonds. The van der Waals surface area contributed by atoms with Gasteiger partial charge in [-0.3, -0.25) is 10.2 Å². The Labute approximate surface area is 412 Å². The van der Waals surface area contributed by atoms with E-state index in [1.54, 1.807) is 55.2 Å². The number of anilines is 1. The summed E-state index contributed by atoms with van der Waals surface area (Å²) in [7, 11) is -24.6. The summed E-state index contributed by atoms with van der Waals surface area (Å²) in [6.07, 6.45) is 9.95. The highest BCUT2D eigenvalue weighted by atomic mass is 32.2. The summed E-state index contributed by atoms with van der Waals surface area (Å²) >= 11 is 0. The number of carbonyl (C=O) groups is 1. The number of ether oxygens (including phenoxy) is 1. The van der Waals surface area contributed by atoms with Crippen molar-refractivity contribution in [3.63, 3.8) is 0 Å². The van der Waals surface area contributed by atoms with Crippen molar-refractivity contribution >= 4 is 95.1 Å². The Morgan fingerprint density at radius 3 is 1.80 bits per heavy atom. The van der Waals surface area contributed by atoms with Crippen molar-refractivity contribution in [1.82, 2.24) is 5.43 Å². The molecule has 0 aliphatic carbocycles. The molecule has 26 heteroatoms. The molecule has 0 fully saturated rings. The molecule has 2 atom stereocenters. The van der Waals surface area contributed by atoms with Crippen molar-refractivity contribution in [1.29, 1.82) is 0 Å². The van der Waals surface area contributed by atoms with E-state index in [0.29, 0.717) is 66.3 Å². The van der Waals surface area contributed by atoms with Crippen LogP contribution in [0.1, 0.15) is 76.8 Å². The van der Waals surface area contributed by atoms with Crippen molar-refractivity contribution in [2.24, 2.45) is 5.84 Å². The molecule has 0 saturated heterocycles. The maximum absolute atomic E-state index is 12.6. The zero-order valence-corrected chi connectivity index (χ0v) is 42.8. The molecule has 0 saturated carbocycles. The molecule has 4 aromatic carbocycles. The Morgan fingerprint density at radius 2 is 1.28 bits per heavy atom. The normalized spacial score (nSPS) is 19.5. The average molecular weight is 1080 g/mol. The van der Waals surface area contributed by atoms with Crippen LogP contribution in [0.4, 0.5) is 11.4 Å². The van der Waals surface area contributed by atoms with E-state index in [1.807, 2.05) is 11.5 Å². The molecule has 2 unspecified atom stereocenters. The molecule has 21 nitrogen and oxygen atoms in total. The Bertz CT molecular complexity index is 3540. The first-order valence-electron chi connectivity index (χ1n) is 21.9. The van der Waals surface area contributed by atoms with Crippen molar-refractivity contribution < 1.29 is 79.0 Å². The second-order valence-electron chi connectivity index (χ2n) is 17.5. The standard InChI is InChI=1S/C45H54N4O17S5/c1-5-48-35-18-16-31-33(25-29(68(54,55)56)27-37(31)70(60,61)62)42(35)44(2,20-12-24-67(51,52)53)39(48)13-8-6-9-14-40-45(3,21-23-66-4)43-34-26-30(69(57,58)59)28-38(71(63,64)65)32(34)17-19-36(43)49(40)22-11-7-10-15-41(50)47-46/h6,8-9,13-14,16-19,25-28H,5,7,10-12,15,20-24,46H2,1-4H3,(H5-,47,50,51,52,53,54,55,56,57,58,59,60,61,62,63,64,65)/p-4. The first-order valence-corrected chi connectivity index (χ1v) is 29.1. The van der Waals surface area contributed by atoms with E-state index in [0.717, 1.165) is 12.1 Å². The predicted octanol–water partition coefficient (Wildman–Crippen LogP) is 3.67. The third-order valence-electron chi connectivity index (χ3n) is 13.0. The molecule has 2 aliphatic rings. The first kappa shape index (κ1) is 55.3. The molecule has 3 N–H and O–H groups in total. The van der Waals surface area contributed by atoms with E-state index in [9.17, 15) is 69.6 Å². The highest BCUT2D eigenvalue weighted by Gasteiger charge is 2.49. The first-order chi connectivity index (χ1) is 32.9. The zero-order valence-electron chi connectivity index (χ0n) is 38.7. The number of hydrazine groups is 1. The van der Waals surface area contributed by atoms with Gasteiger partial charge >= 0.3 is 0 Å². The molecular formula is C45H50N4O17S5-4. The van der Waals surface area contributed by atoms with E-state index in [1.165, 1.54) is 25.3 Å². The van der Waals surface area contributed by atoms with Gasteiger partial charge in [0, 0.05) is 78.7 Å². The van der Waals surface area contributed by atoms with Crippen molar-refractivity contribution in [3.8, 4) is 0 Å². The number of hydrogen-bond donors (Lipinski definition) is 2. The molecule has 2 heterocycles. The summed E-state index contributed by atoms with van der Waals surface area (Å²) in [5, 5.41) is -0.351. The number of rotatable bonds is 21. The summed E-state index contributed by atoms with van der Waals surface area (Å²) in [4.78, 5) is 9.87. The molecule has 4 aromatic rings. The van der Waals surface area contributed by atoms with Crippen LogP contribution in [-0.4, -0.2) is 114 Å². The number of likely N-dealkylation sites (N-methyl/N-ethyl adjacent to an activating group) is 1. The monoisotopic (exact) mass is 1080 g/mol. The third kappa shape index (κ3) is 11.5. The van der Waals surface area contributed by atoms with Crippen LogP contribution < -0.4 is 16.2 Å². The summed E-state index contributed by atoms with van der Waals surface area (Å²) in [5.41, 5.74) is 2.32. The lowest BCUT2D eigenvalue weighted by Gasteiger charge is -2.30. The fourth-order valence-corrected chi connectivity index (χ4v) is 13.0. The van der Waals surface area contributed by atoms with Gasteiger partial charge < -0.3 is 32.4 Å². The number of unbranched alkanes of at least 4 members (excludes halogenated alkanes) is 2. The number of allylic oxidation sites excluding steroid dienone is 6. The van der Waals surface area contributed by atoms with Crippen LogP contribution in [-0.2, 0) is 71.0 Å². The molecule has 0 spiro atoms. The lowest BCUT2D eigenvalue weighted by atomic mass is 9.75. The largest absolute Gasteiger partial charge is 0.748 e. The van der Waals surface area contributed by atoms with Gasteiger partial charge in [-0.1, -0.05) is 24.3 Å². The molecule has 6 rings (SSSR count). The highest BCUT2D eigenvalue weighted by Crippen LogP contribution is 2.54. The van der Waals surface area contributed by atoms with Crippen LogP contribution in [0.15, 0.2) is 104 Å². The van der Waals surface area contributed by atoms with Crippen LogP contribution in [0.2, 0.25) is 0 Å². The van der Waals surface area contributed by atoms with Crippen LogP contribution in [0.3, 0.4) is 0 Å². The van der Waals surface area contributed by atoms with Crippen LogP contribution in [0, 0.1) is 0 Å². The quantitative estimate of drug-likeness (QED) is 0.0228. The van der Waals surface area contributed by atoms with Gasteiger partial charge in [-0.25, -0.2) is 47.9 Å². The number of benzene rings is 4. The molecule has 0 bridgehead atoms. The van der Waals surface area contributed by atoms with Gasteiger partial charge in [-0.15, -0.1) is 0 Å². The summed E-state index contributed by atoms with van der Waals surface area (Å²) in [6.45, 7) is 5.93. The van der Waals surface area contributed by atoms with Crippen molar-refractivity contribution in [2.75, 3.05) is 37.5 Å². The lowest BCUT2D eigenvalue weighted by Crippen LogP contribution is -2.33. The smallest absolute Gasteiger partial charge is 0.233 e. The zero-order chi connectivity index (χ0) is 52.7. The lowest BCUT2D eigenvalue weighted by molar-refractivity contribution is -0.438. The maximum atomic E-state index is 12.6. The fourth-order valence-electron chi connectivity index (χ4n) is 9.86. The second-order valence-corrected chi connectivity index (χ2v) is 24.5.